The van der Waals surface area contributed by atoms with Crippen LogP contribution in [0.5, 0.6) is 0 Å². The molecule has 32 heavy (non-hydrogen) atoms. The molecular weight excluding hydrogens is 411 g/mol. The van der Waals surface area contributed by atoms with Crippen molar-refractivity contribution < 1.29 is 18.8 Å². The molecule has 3 amide bonds. The van der Waals surface area contributed by atoms with Crippen LogP contribution in [0.1, 0.15) is 28.2 Å². The zero-order valence-corrected chi connectivity index (χ0v) is 17.8. The maximum absolute atomic E-state index is 13.2. The molecule has 8 heteroatoms. The molecule has 1 aromatic heterocycles. The van der Waals surface area contributed by atoms with Crippen molar-refractivity contribution in [1.29, 1.82) is 0 Å². The Hall–Kier alpha value is -3.94. The van der Waals surface area contributed by atoms with Crippen molar-refractivity contribution in [3.63, 3.8) is 0 Å². The second-order valence-electron chi connectivity index (χ2n) is 7.84. The van der Waals surface area contributed by atoms with E-state index in [1.807, 2.05) is 26.0 Å². The van der Waals surface area contributed by atoms with Crippen molar-refractivity contribution in [2.75, 3.05) is 22.2 Å². The highest BCUT2D eigenvalue weighted by Gasteiger charge is 2.35. The van der Waals surface area contributed by atoms with Gasteiger partial charge in [-0.1, -0.05) is 6.07 Å². The predicted octanol–water partition coefficient (Wildman–Crippen LogP) is 3.62. The lowest BCUT2D eigenvalue weighted by molar-refractivity contribution is -0.122. The van der Waals surface area contributed by atoms with Crippen LogP contribution < -0.4 is 15.6 Å². The summed E-state index contributed by atoms with van der Waals surface area (Å²) in [6, 6.07) is 16.0. The van der Waals surface area contributed by atoms with Gasteiger partial charge in [0.05, 0.1) is 5.92 Å². The molecule has 7 nitrogen and oxygen atoms in total. The maximum Gasteiger partial charge on any atom is 0.270 e. The third kappa shape index (κ3) is 4.39. The van der Waals surface area contributed by atoms with Crippen LogP contribution in [0.4, 0.5) is 15.8 Å². The number of nitrogens with zero attached hydrogens (tertiary/aromatic N) is 2. The molecular formula is C24H23FN4O3. The Balaban J connectivity index is 1.42. The molecule has 0 saturated carbocycles. The van der Waals surface area contributed by atoms with Crippen LogP contribution >= 0.6 is 0 Å². The largest absolute Gasteiger partial charge is 0.326 e. The van der Waals surface area contributed by atoms with Gasteiger partial charge in [-0.3, -0.25) is 24.5 Å². The van der Waals surface area contributed by atoms with Crippen molar-refractivity contribution in [2.24, 2.45) is 5.92 Å². The molecule has 2 N–H and O–H groups in total. The third-order valence-corrected chi connectivity index (χ3v) is 5.51. The van der Waals surface area contributed by atoms with Gasteiger partial charge in [0.15, 0.2) is 0 Å². The summed E-state index contributed by atoms with van der Waals surface area (Å²) in [5.41, 5.74) is 6.05. The quantitative estimate of drug-likeness (QED) is 0.643. The van der Waals surface area contributed by atoms with Crippen molar-refractivity contribution in [1.82, 2.24) is 4.68 Å². The fraction of sp³-hybridized carbons (Fsp3) is 0.208. The van der Waals surface area contributed by atoms with Crippen LogP contribution in [0.15, 0.2) is 60.7 Å². The molecule has 0 radical (unpaired) electrons. The summed E-state index contributed by atoms with van der Waals surface area (Å²) >= 11 is 0. The first-order valence-electron chi connectivity index (χ1n) is 10.2. The van der Waals surface area contributed by atoms with Crippen LogP contribution in [0.25, 0.3) is 0 Å². The summed E-state index contributed by atoms with van der Waals surface area (Å²) in [7, 11) is 0. The minimum absolute atomic E-state index is 0.0650. The predicted molar refractivity (Wildman–Crippen MR) is 120 cm³/mol. The molecule has 3 aromatic rings. The van der Waals surface area contributed by atoms with Gasteiger partial charge in [0.1, 0.15) is 5.82 Å². The number of carbonyl (C=O) groups is 3. The van der Waals surface area contributed by atoms with E-state index >= 15 is 0 Å². The minimum Gasteiger partial charge on any atom is -0.326 e. The zero-order valence-electron chi connectivity index (χ0n) is 17.8. The standard InChI is InChI=1S/C24H23FN4O3/c1-15-6-7-16(2)29(15)27-24(32)17-4-3-5-20(12-17)26-23(31)18-13-22(30)28(14-18)21-10-8-19(25)9-11-21/h3-12,18H,13-14H2,1-2H3,(H,26,31)(H,27,32)/t18-/m1/s1. The molecule has 1 aliphatic heterocycles. The highest BCUT2D eigenvalue weighted by molar-refractivity contribution is 6.04. The average molecular weight is 434 g/mol. The number of amides is 3. The topological polar surface area (TPSA) is 83.4 Å². The number of nitrogens with one attached hydrogen (secondary N) is 2. The van der Waals surface area contributed by atoms with Crippen molar-refractivity contribution in [3.05, 3.63) is 83.4 Å². The van der Waals surface area contributed by atoms with E-state index in [-0.39, 0.29) is 36.5 Å². The number of anilines is 2. The maximum atomic E-state index is 13.2. The van der Waals surface area contributed by atoms with Crippen LogP contribution in [0.2, 0.25) is 0 Å². The van der Waals surface area contributed by atoms with Gasteiger partial charge in [-0.2, -0.15) is 0 Å². The lowest BCUT2D eigenvalue weighted by Crippen LogP contribution is -2.28. The Bertz CT molecular complexity index is 1170. The Kier molecular flexibility index (Phi) is 5.77. The highest BCUT2D eigenvalue weighted by Crippen LogP contribution is 2.26. The van der Waals surface area contributed by atoms with Crippen LogP contribution in [0.3, 0.4) is 0 Å². The van der Waals surface area contributed by atoms with Crippen molar-refractivity contribution in [3.8, 4) is 0 Å². The molecule has 0 bridgehead atoms. The first kappa shape index (κ1) is 21.3. The number of aromatic nitrogens is 1. The fourth-order valence-electron chi connectivity index (χ4n) is 3.75. The molecule has 2 aromatic carbocycles. The monoisotopic (exact) mass is 434 g/mol. The fourth-order valence-corrected chi connectivity index (χ4v) is 3.75. The van der Waals surface area contributed by atoms with Crippen LogP contribution in [0, 0.1) is 25.6 Å². The van der Waals surface area contributed by atoms with Gasteiger partial charge >= 0.3 is 0 Å². The summed E-state index contributed by atoms with van der Waals surface area (Å²) in [4.78, 5) is 39.3. The molecule has 0 aliphatic carbocycles. The molecule has 164 valence electrons. The van der Waals surface area contributed by atoms with Gasteiger partial charge in [0.25, 0.3) is 5.91 Å². The van der Waals surface area contributed by atoms with Gasteiger partial charge in [-0.15, -0.1) is 0 Å². The number of hydrogen-bond donors (Lipinski definition) is 2. The second-order valence-corrected chi connectivity index (χ2v) is 7.84. The number of rotatable bonds is 5. The molecule has 1 fully saturated rings. The SMILES string of the molecule is Cc1ccc(C)n1NC(=O)c1cccc(NC(=O)[C@@H]2CC(=O)N(c3ccc(F)cc3)C2)c1. The van der Waals surface area contributed by atoms with E-state index in [2.05, 4.69) is 10.7 Å². The van der Waals surface area contributed by atoms with Gasteiger partial charge in [0, 0.05) is 41.3 Å². The Labute approximate surface area is 184 Å². The number of benzene rings is 2. The van der Waals surface area contributed by atoms with E-state index < -0.39 is 5.92 Å². The number of carbonyl (C=O) groups excluding carboxylic acids is 3. The van der Waals surface area contributed by atoms with E-state index in [1.165, 1.54) is 29.2 Å². The lowest BCUT2D eigenvalue weighted by Gasteiger charge is -2.17. The molecule has 4 rings (SSSR count). The van der Waals surface area contributed by atoms with Crippen LogP contribution in [-0.2, 0) is 9.59 Å². The summed E-state index contributed by atoms with van der Waals surface area (Å²) in [5.74, 6) is -1.74. The summed E-state index contributed by atoms with van der Waals surface area (Å²) in [5, 5.41) is 2.80. The first-order chi connectivity index (χ1) is 15.3. The molecule has 0 spiro atoms. The van der Waals surface area contributed by atoms with E-state index in [1.54, 1.807) is 28.9 Å². The molecule has 1 saturated heterocycles. The number of halogens is 1. The zero-order chi connectivity index (χ0) is 22.8. The first-order valence-corrected chi connectivity index (χ1v) is 10.2. The molecule has 1 atom stereocenters. The summed E-state index contributed by atoms with van der Waals surface area (Å²) in [6.07, 6.45) is 0.0650. The Morgan fingerprint density at radius 3 is 2.38 bits per heavy atom. The number of aryl methyl sites for hydroxylation is 2. The van der Waals surface area contributed by atoms with Crippen molar-refractivity contribution in [2.45, 2.75) is 20.3 Å². The van der Waals surface area contributed by atoms with Crippen molar-refractivity contribution >= 4 is 29.1 Å². The Morgan fingerprint density at radius 1 is 1.00 bits per heavy atom. The van der Waals surface area contributed by atoms with Gasteiger partial charge in [-0.25, -0.2) is 4.39 Å². The highest BCUT2D eigenvalue weighted by atomic mass is 19.1. The molecule has 1 aliphatic rings. The molecule has 2 heterocycles. The molecule has 0 unspecified atom stereocenters. The smallest absolute Gasteiger partial charge is 0.270 e. The van der Waals surface area contributed by atoms with Gasteiger partial charge in [0.2, 0.25) is 11.8 Å². The van der Waals surface area contributed by atoms with E-state index in [0.717, 1.165) is 11.4 Å². The van der Waals surface area contributed by atoms with Gasteiger partial charge < -0.3 is 10.2 Å². The van der Waals surface area contributed by atoms with Gasteiger partial charge in [-0.05, 0) is 68.4 Å². The summed E-state index contributed by atoms with van der Waals surface area (Å²) in [6.45, 7) is 3.99. The second kappa shape index (κ2) is 8.66. The third-order valence-electron chi connectivity index (χ3n) is 5.51. The Morgan fingerprint density at radius 2 is 1.69 bits per heavy atom. The lowest BCUT2D eigenvalue weighted by atomic mass is 10.1. The van der Waals surface area contributed by atoms with Crippen LogP contribution in [-0.4, -0.2) is 28.9 Å². The minimum atomic E-state index is -0.546. The van der Waals surface area contributed by atoms with E-state index in [9.17, 15) is 18.8 Å². The van der Waals surface area contributed by atoms with E-state index in [4.69, 9.17) is 0 Å². The van der Waals surface area contributed by atoms with E-state index in [0.29, 0.717) is 16.9 Å². The average Bonchev–Trinajstić information content (AvgIpc) is 3.31. The normalized spacial score (nSPS) is 15.7. The summed E-state index contributed by atoms with van der Waals surface area (Å²) < 4.78 is 14.9. The number of hydrogen-bond acceptors (Lipinski definition) is 3.